The van der Waals surface area contributed by atoms with Crippen molar-refractivity contribution in [1.29, 1.82) is 0 Å². The average molecular weight is 507 g/mol. The molecule has 1 heterocycles. The monoisotopic (exact) mass is 507 g/mol. The first-order chi connectivity index (χ1) is 9.27. The number of aliphatic imine (C=N–C) groups is 1. The second kappa shape index (κ2) is 5.27. The van der Waals surface area contributed by atoms with E-state index in [0.717, 1.165) is 17.7 Å². The van der Waals surface area contributed by atoms with E-state index in [-0.39, 0.29) is 11.8 Å². The van der Waals surface area contributed by atoms with E-state index in [1.807, 2.05) is 30.3 Å². The van der Waals surface area contributed by atoms with E-state index in [2.05, 4.69) is 30.1 Å². The Morgan fingerprint density at radius 2 is 2.10 bits per heavy atom. The fraction of sp³-hybridized carbons (Fsp3) is 0.235. The summed E-state index contributed by atoms with van der Waals surface area (Å²) >= 11 is 0. The van der Waals surface area contributed by atoms with Gasteiger partial charge in [0.25, 0.3) is 0 Å². The van der Waals surface area contributed by atoms with Crippen LogP contribution in [0.25, 0.3) is 0 Å². The molecule has 0 aromatic heterocycles. The van der Waals surface area contributed by atoms with Gasteiger partial charge in [-0.2, -0.15) is 35.9 Å². The summed E-state index contributed by atoms with van der Waals surface area (Å²) < 4.78 is 0. The molecule has 1 aromatic carbocycles. The van der Waals surface area contributed by atoms with Gasteiger partial charge in [-0.25, -0.2) is 0 Å². The molecule has 0 saturated carbocycles. The second-order valence-corrected chi connectivity index (χ2v) is 4.95. The predicted octanol–water partition coefficient (Wildman–Crippen LogP) is 3.95. The second-order valence-electron chi connectivity index (χ2n) is 4.95. The van der Waals surface area contributed by atoms with Crippen molar-refractivity contribution >= 4 is 6.21 Å². The van der Waals surface area contributed by atoms with Crippen molar-refractivity contribution in [3.63, 3.8) is 0 Å². The largest absolute Gasteiger partial charge is 0.506 e. The standard InChI is InChI=1S/C17H16NO.Fm/c1-12(13-6-3-2-4-7-13)15-10-9-14-8-5-11-18-16(14)17(15)19;/h3-8,10-12,14,19H,9H2,1H3;/q-1;. The molecule has 1 N–H and O–H groups in total. The van der Waals surface area contributed by atoms with E-state index in [9.17, 15) is 5.11 Å². The third-order valence-corrected chi connectivity index (χ3v) is 3.81. The number of aliphatic hydroxyl groups excluding tert-OH is 1. The summed E-state index contributed by atoms with van der Waals surface area (Å²) in [5.41, 5.74) is 2.96. The van der Waals surface area contributed by atoms with E-state index in [1.54, 1.807) is 6.21 Å². The summed E-state index contributed by atoms with van der Waals surface area (Å²) in [5, 5.41) is 10.5. The molecule has 0 bridgehead atoms. The van der Waals surface area contributed by atoms with Crippen LogP contribution in [0.15, 0.2) is 64.5 Å². The molecule has 0 spiro atoms. The third-order valence-electron chi connectivity index (χ3n) is 3.81. The number of aliphatic hydroxyl groups is 1. The molecule has 0 radical (unpaired) electrons. The van der Waals surface area contributed by atoms with Crippen LogP contribution >= 0.6 is 0 Å². The van der Waals surface area contributed by atoms with Crippen molar-refractivity contribution in [2.75, 3.05) is 0 Å². The molecule has 0 amide bonds. The van der Waals surface area contributed by atoms with Gasteiger partial charge in [0.05, 0.1) is 5.70 Å². The number of nitrogens with zero attached hydrogens (tertiary/aromatic N) is 1. The molecule has 0 fully saturated rings. The summed E-state index contributed by atoms with van der Waals surface area (Å²) in [5.74, 6) is 0.742. The number of allylic oxidation sites excluding steroid dienone is 4. The first-order valence-electron chi connectivity index (χ1n) is 6.58. The summed E-state index contributed by atoms with van der Waals surface area (Å²) in [6, 6.07) is 10.9. The normalized spacial score (nSPS) is 21.9. The fourth-order valence-corrected chi connectivity index (χ4v) is 2.67. The summed E-state index contributed by atoms with van der Waals surface area (Å²) in [6.45, 7) is 2.11. The van der Waals surface area contributed by atoms with Crippen molar-refractivity contribution in [2.24, 2.45) is 10.9 Å². The maximum absolute atomic E-state index is 10.5. The van der Waals surface area contributed by atoms with Gasteiger partial charge >= 0.3 is 0 Å². The minimum absolute atomic E-state index is 0. The van der Waals surface area contributed by atoms with Gasteiger partial charge in [0.2, 0.25) is 0 Å². The average Bonchev–Trinajstić information content (AvgIpc) is 2.48. The Hall–Kier alpha value is -3.09. The third kappa shape index (κ3) is 2.12. The zero-order valence-electron chi connectivity index (χ0n) is 11.2. The quantitative estimate of drug-likeness (QED) is 0.605. The molecular weight excluding hydrogens is 491 g/mol. The van der Waals surface area contributed by atoms with Crippen LogP contribution in [0.2, 0.25) is 0 Å². The molecule has 20 heavy (non-hydrogen) atoms. The van der Waals surface area contributed by atoms with Gasteiger partial charge in [0.1, 0.15) is 5.76 Å². The van der Waals surface area contributed by atoms with Crippen molar-refractivity contribution < 1.29 is 5.11 Å². The van der Waals surface area contributed by atoms with Crippen molar-refractivity contribution in [1.82, 2.24) is 0 Å². The number of rotatable bonds is 2. The van der Waals surface area contributed by atoms with Gasteiger partial charge < -0.3 is 5.11 Å². The van der Waals surface area contributed by atoms with E-state index in [4.69, 9.17) is 0 Å². The van der Waals surface area contributed by atoms with Crippen molar-refractivity contribution in [2.45, 2.75) is 19.3 Å². The molecule has 108 valence electrons. The zero-order chi connectivity index (χ0) is 13.2. The molecule has 2 unspecified atom stereocenters. The Labute approximate surface area is 113 Å². The molecule has 1 aromatic rings. The molecule has 2 aliphatic rings. The first-order valence-corrected chi connectivity index (χ1v) is 6.58. The zero-order valence-corrected chi connectivity index (χ0v) is 13.6. The first kappa shape index (κ1) is 13.3. The maximum Gasteiger partial charge on any atom is 0.141 e. The molecule has 1 aliphatic carbocycles. The summed E-state index contributed by atoms with van der Waals surface area (Å²) in [4.78, 5) is 4.33. The Kier molecular flexibility index (Phi) is 3.52. The van der Waals surface area contributed by atoms with E-state index in [1.165, 1.54) is 5.56 Å². The van der Waals surface area contributed by atoms with Crippen LogP contribution in [0.4, 0.5) is 0 Å². The van der Waals surface area contributed by atoms with Crippen molar-refractivity contribution in [3.8, 4) is 0 Å². The maximum atomic E-state index is 10.5. The Morgan fingerprint density at radius 3 is 2.85 bits per heavy atom. The van der Waals surface area contributed by atoms with Crippen molar-refractivity contribution in [3.05, 3.63) is 71.2 Å². The van der Waals surface area contributed by atoms with Gasteiger partial charge in [0.15, 0.2) is 0 Å². The van der Waals surface area contributed by atoms with Crippen LogP contribution in [0.1, 0.15) is 24.8 Å². The number of hydrogen-bond acceptors (Lipinski definition) is 2. The van der Waals surface area contributed by atoms with Crippen LogP contribution in [0.3, 0.4) is 0 Å². The molecule has 3 heteroatoms. The Bertz CT molecular complexity index is 599. The Morgan fingerprint density at radius 1 is 1.35 bits per heavy atom. The minimum atomic E-state index is 0. The van der Waals surface area contributed by atoms with E-state index < -0.39 is 0 Å². The van der Waals surface area contributed by atoms with Crippen LogP contribution in [0, 0.1) is 12.0 Å². The van der Waals surface area contributed by atoms with Gasteiger partial charge in [-0.15, -0.1) is 0 Å². The smallest absolute Gasteiger partial charge is 0.141 e. The van der Waals surface area contributed by atoms with E-state index >= 15 is 0 Å². The molecule has 0 saturated heterocycles. The summed E-state index contributed by atoms with van der Waals surface area (Å²) in [7, 11) is 0. The number of dihydropyridines is 1. The topological polar surface area (TPSA) is 32.6 Å². The minimum Gasteiger partial charge on any atom is -0.506 e. The SMILES string of the molecule is CC(C1=CCC2C=CC=NC2=C1O)c1cc[c-]cc1.[Fm]. The van der Waals surface area contributed by atoms with E-state index in [0.29, 0.717) is 5.76 Å². The van der Waals surface area contributed by atoms with Gasteiger partial charge in [0, 0.05) is 12.1 Å². The van der Waals surface area contributed by atoms with Crippen LogP contribution in [0.5, 0.6) is 0 Å². The van der Waals surface area contributed by atoms with Gasteiger partial charge in [-0.1, -0.05) is 19.1 Å². The predicted molar refractivity (Wildman–Crippen MR) is 77.2 cm³/mol. The molecule has 2 nitrogen and oxygen atoms in total. The van der Waals surface area contributed by atoms with Crippen LogP contribution < -0.4 is 0 Å². The van der Waals surface area contributed by atoms with Crippen LogP contribution in [-0.2, 0) is 0 Å². The molecule has 2 atom stereocenters. The summed E-state index contributed by atoms with van der Waals surface area (Å²) in [6.07, 6.45) is 8.82. The molecular formula is C17H16FmNO-. The van der Waals surface area contributed by atoms with Gasteiger partial charge in [-0.05, 0) is 24.0 Å². The van der Waals surface area contributed by atoms with Crippen LogP contribution in [-0.4, -0.2) is 11.3 Å². The molecule has 1 aliphatic heterocycles. The van der Waals surface area contributed by atoms with Gasteiger partial charge in [-0.3, -0.25) is 4.99 Å². The fourth-order valence-electron chi connectivity index (χ4n) is 2.67. The number of fused-ring (bicyclic) bond motifs is 1. The molecule has 3 rings (SSSR count). The number of benzene rings is 1. The number of hydrogen-bond donors (Lipinski definition) is 1. The Balaban J connectivity index is 0.00000147.